The topological polar surface area (TPSA) is 78.9 Å². The fourth-order valence-corrected chi connectivity index (χ4v) is 2.00. The lowest BCUT2D eigenvalue weighted by Gasteiger charge is -2.07. The van der Waals surface area contributed by atoms with Crippen molar-refractivity contribution in [3.8, 4) is 6.07 Å². The summed E-state index contributed by atoms with van der Waals surface area (Å²) in [5.74, 6) is -0.170. The molecule has 2 rings (SSSR count). The molecule has 0 radical (unpaired) electrons. The Morgan fingerprint density at radius 1 is 1.30 bits per heavy atom. The summed E-state index contributed by atoms with van der Waals surface area (Å²) in [6.45, 7) is 0. The van der Waals surface area contributed by atoms with E-state index in [9.17, 15) is 4.79 Å². The van der Waals surface area contributed by atoms with Gasteiger partial charge in [-0.05, 0) is 35.9 Å². The van der Waals surface area contributed by atoms with Gasteiger partial charge in [-0.15, -0.1) is 0 Å². The minimum absolute atomic E-state index is 0.170. The van der Waals surface area contributed by atoms with Crippen molar-refractivity contribution in [3.63, 3.8) is 0 Å². The van der Waals surface area contributed by atoms with E-state index in [-0.39, 0.29) is 12.3 Å². The summed E-state index contributed by atoms with van der Waals surface area (Å²) in [5.41, 5.74) is 8.05. The highest BCUT2D eigenvalue weighted by molar-refractivity contribution is 6.32. The molecule has 0 saturated carbocycles. The number of rotatable bonds is 3. The summed E-state index contributed by atoms with van der Waals surface area (Å²) in [6.07, 6.45) is 0.225. The Morgan fingerprint density at radius 3 is 2.75 bits per heavy atom. The Hall–Kier alpha value is -2.51. The Balaban J connectivity index is 2.05. The van der Waals surface area contributed by atoms with Gasteiger partial charge in [-0.2, -0.15) is 5.26 Å². The summed E-state index contributed by atoms with van der Waals surface area (Å²) in [6, 6.07) is 13.9. The van der Waals surface area contributed by atoms with Crippen LogP contribution in [0.25, 0.3) is 0 Å². The zero-order valence-corrected chi connectivity index (χ0v) is 11.3. The maximum Gasteiger partial charge on any atom is 0.228 e. The molecule has 2 aromatic carbocycles. The molecule has 0 fully saturated rings. The van der Waals surface area contributed by atoms with Crippen molar-refractivity contribution in [3.05, 3.63) is 58.6 Å². The fourth-order valence-electron chi connectivity index (χ4n) is 1.78. The Labute approximate surface area is 121 Å². The molecule has 0 atom stereocenters. The first kappa shape index (κ1) is 13.9. The molecule has 100 valence electrons. The van der Waals surface area contributed by atoms with Gasteiger partial charge in [-0.1, -0.05) is 23.7 Å². The van der Waals surface area contributed by atoms with Crippen molar-refractivity contribution in [1.82, 2.24) is 0 Å². The first-order chi connectivity index (χ1) is 9.58. The van der Waals surface area contributed by atoms with Crippen LogP contribution in [-0.2, 0) is 11.2 Å². The van der Waals surface area contributed by atoms with E-state index in [0.29, 0.717) is 22.0 Å². The van der Waals surface area contributed by atoms with E-state index in [1.165, 1.54) is 0 Å². The molecule has 4 nitrogen and oxygen atoms in total. The summed E-state index contributed by atoms with van der Waals surface area (Å²) >= 11 is 5.90. The molecule has 0 spiro atoms. The normalized spacial score (nSPS) is 9.80. The van der Waals surface area contributed by atoms with Gasteiger partial charge in [0.2, 0.25) is 5.91 Å². The number of benzene rings is 2. The van der Waals surface area contributed by atoms with Gasteiger partial charge >= 0.3 is 0 Å². The van der Waals surface area contributed by atoms with Crippen LogP contribution in [0.15, 0.2) is 42.5 Å². The van der Waals surface area contributed by atoms with Crippen LogP contribution in [0.3, 0.4) is 0 Å². The molecule has 0 aliphatic heterocycles. The molecule has 0 aromatic heterocycles. The van der Waals surface area contributed by atoms with Gasteiger partial charge in [0.1, 0.15) is 6.07 Å². The van der Waals surface area contributed by atoms with Crippen LogP contribution in [0.1, 0.15) is 11.1 Å². The molecule has 0 saturated heterocycles. The minimum Gasteiger partial charge on any atom is -0.399 e. The van der Waals surface area contributed by atoms with Crippen LogP contribution in [0.5, 0.6) is 0 Å². The number of hydrogen-bond acceptors (Lipinski definition) is 3. The molecule has 3 N–H and O–H groups in total. The molecule has 0 heterocycles. The van der Waals surface area contributed by atoms with Crippen molar-refractivity contribution in [1.29, 1.82) is 5.26 Å². The number of carbonyl (C=O) groups excluding carboxylic acids is 1. The lowest BCUT2D eigenvalue weighted by atomic mass is 10.1. The molecule has 0 bridgehead atoms. The van der Waals surface area contributed by atoms with Gasteiger partial charge in [-0.3, -0.25) is 4.79 Å². The quantitative estimate of drug-likeness (QED) is 0.851. The smallest absolute Gasteiger partial charge is 0.228 e. The first-order valence-corrected chi connectivity index (χ1v) is 6.30. The van der Waals surface area contributed by atoms with Gasteiger partial charge in [0, 0.05) is 11.4 Å². The number of nitriles is 1. The van der Waals surface area contributed by atoms with E-state index >= 15 is 0 Å². The molecular formula is C15H12ClN3O. The van der Waals surface area contributed by atoms with E-state index in [4.69, 9.17) is 22.6 Å². The average molecular weight is 286 g/mol. The second-order valence-electron chi connectivity index (χ2n) is 4.28. The predicted octanol–water partition coefficient (Wildman–Crippen LogP) is 2.98. The number of hydrogen-bond donors (Lipinski definition) is 2. The van der Waals surface area contributed by atoms with E-state index < -0.39 is 0 Å². The molecule has 5 heteroatoms. The highest BCUT2D eigenvalue weighted by atomic mass is 35.5. The monoisotopic (exact) mass is 285 g/mol. The summed E-state index contributed by atoms with van der Waals surface area (Å²) in [7, 11) is 0. The second kappa shape index (κ2) is 6.09. The van der Waals surface area contributed by atoms with Gasteiger partial charge in [0.05, 0.1) is 17.0 Å². The van der Waals surface area contributed by atoms with E-state index in [1.54, 1.807) is 36.4 Å². The third-order valence-electron chi connectivity index (χ3n) is 2.69. The van der Waals surface area contributed by atoms with Crippen LogP contribution in [0, 0.1) is 11.3 Å². The number of halogens is 1. The maximum absolute atomic E-state index is 11.9. The van der Waals surface area contributed by atoms with E-state index in [1.807, 2.05) is 12.1 Å². The standard InChI is InChI=1S/C15H12ClN3O/c16-14-8-13(5-4-11(14)9-17)19-15(20)7-10-2-1-3-12(18)6-10/h1-6,8H,7,18H2,(H,19,20). The van der Waals surface area contributed by atoms with Crippen LogP contribution < -0.4 is 11.1 Å². The highest BCUT2D eigenvalue weighted by Gasteiger charge is 2.06. The lowest BCUT2D eigenvalue weighted by Crippen LogP contribution is -2.14. The molecule has 20 heavy (non-hydrogen) atoms. The lowest BCUT2D eigenvalue weighted by molar-refractivity contribution is -0.115. The number of carbonyl (C=O) groups is 1. The van der Waals surface area contributed by atoms with Crippen LogP contribution in [0.4, 0.5) is 11.4 Å². The zero-order chi connectivity index (χ0) is 14.5. The SMILES string of the molecule is N#Cc1ccc(NC(=O)Cc2cccc(N)c2)cc1Cl. The zero-order valence-electron chi connectivity index (χ0n) is 10.6. The van der Waals surface area contributed by atoms with Crippen molar-refractivity contribution < 1.29 is 4.79 Å². The second-order valence-corrected chi connectivity index (χ2v) is 4.68. The fraction of sp³-hybridized carbons (Fsp3) is 0.0667. The predicted molar refractivity (Wildman–Crippen MR) is 79.4 cm³/mol. The van der Waals surface area contributed by atoms with Crippen LogP contribution in [0.2, 0.25) is 5.02 Å². The Bertz CT molecular complexity index is 692. The Morgan fingerprint density at radius 2 is 2.10 bits per heavy atom. The molecule has 0 aliphatic carbocycles. The van der Waals surface area contributed by atoms with Crippen molar-refractivity contribution in [2.24, 2.45) is 0 Å². The number of amides is 1. The molecule has 0 aliphatic rings. The molecule has 1 amide bonds. The third-order valence-corrected chi connectivity index (χ3v) is 3.00. The van der Waals surface area contributed by atoms with Gasteiger partial charge < -0.3 is 11.1 Å². The minimum atomic E-state index is -0.170. The van der Waals surface area contributed by atoms with E-state index in [2.05, 4.69) is 5.32 Å². The summed E-state index contributed by atoms with van der Waals surface area (Å²) in [5, 5.41) is 11.8. The van der Waals surface area contributed by atoms with E-state index in [0.717, 1.165) is 5.56 Å². The third kappa shape index (κ3) is 3.50. The Kier molecular flexibility index (Phi) is 4.24. The number of nitrogens with zero attached hydrogens (tertiary/aromatic N) is 1. The van der Waals surface area contributed by atoms with Gasteiger partial charge in [0.15, 0.2) is 0 Å². The number of nitrogens with one attached hydrogen (secondary N) is 1. The first-order valence-electron chi connectivity index (χ1n) is 5.92. The van der Waals surface area contributed by atoms with Crippen molar-refractivity contribution >= 4 is 28.9 Å². The summed E-state index contributed by atoms with van der Waals surface area (Å²) in [4.78, 5) is 11.9. The van der Waals surface area contributed by atoms with Crippen molar-refractivity contribution in [2.75, 3.05) is 11.1 Å². The van der Waals surface area contributed by atoms with Crippen molar-refractivity contribution in [2.45, 2.75) is 6.42 Å². The molecule has 0 unspecified atom stereocenters. The highest BCUT2D eigenvalue weighted by Crippen LogP contribution is 2.20. The maximum atomic E-state index is 11.9. The number of nitrogen functional groups attached to an aromatic ring is 1. The number of nitrogens with two attached hydrogens (primary N) is 1. The van der Waals surface area contributed by atoms with Gasteiger partial charge in [0.25, 0.3) is 0 Å². The van der Waals surface area contributed by atoms with Gasteiger partial charge in [-0.25, -0.2) is 0 Å². The van der Waals surface area contributed by atoms with Crippen LogP contribution >= 0.6 is 11.6 Å². The largest absolute Gasteiger partial charge is 0.399 e. The summed E-state index contributed by atoms with van der Waals surface area (Å²) < 4.78 is 0. The molecule has 2 aromatic rings. The molecular weight excluding hydrogens is 274 g/mol. The average Bonchev–Trinajstić information content (AvgIpc) is 2.38. The number of anilines is 2. The van der Waals surface area contributed by atoms with Crippen LogP contribution in [-0.4, -0.2) is 5.91 Å².